The van der Waals surface area contributed by atoms with Crippen molar-refractivity contribution in [2.75, 3.05) is 0 Å². The Morgan fingerprint density at radius 3 is 2.43 bits per heavy atom. The number of fused-ring (bicyclic) bond motifs is 3. The third-order valence-electron chi connectivity index (χ3n) is 4.11. The lowest BCUT2D eigenvalue weighted by Gasteiger charge is -2.02. The van der Waals surface area contributed by atoms with E-state index >= 15 is 0 Å². The maximum atomic E-state index is 6.25. The van der Waals surface area contributed by atoms with Gasteiger partial charge in [-0.05, 0) is 30.2 Å². The van der Waals surface area contributed by atoms with E-state index in [0.717, 1.165) is 39.6 Å². The van der Waals surface area contributed by atoms with Crippen LogP contribution in [-0.4, -0.2) is 0 Å². The van der Waals surface area contributed by atoms with Crippen molar-refractivity contribution in [1.82, 2.24) is 0 Å². The van der Waals surface area contributed by atoms with E-state index in [9.17, 15) is 0 Å². The molecule has 0 radical (unpaired) electrons. The largest absolute Gasteiger partial charge is 0.456 e. The molecule has 4 aromatic rings. The van der Waals surface area contributed by atoms with E-state index < -0.39 is 0 Å². The Balaban J connectivity index is 1.69. The first-order valence-electron chi connectivity index (χ1n) is 7.72. The first-order chi connectivity index (χ1) is 11.3. The fourth-order valence-electron chi connectivity index (χ4n) is 2.87. The molecule has 3 aromatic carbocycles. The maximum Gasteiger partial charge on any atom is 0.136 e. The van der Waals surface area contributed by atoms with Crippen LogP contribution in [-0.2, 0) is 6.42 Å². The minimum absolute atomic E-state index is 0.774. The second-order valence-electron chi connectivity index (χ2n) is 5.66. The van der Waals surface area contributed by atoms with Crippen LogP contribution in [0.4, 0.5) is 0 Å². The second kappa shape index (κ2) is 5.65. The van der Waals surface area contributed by atoms with Crippen LogP contribution < -0.4 is 5.73 Å². The molecule has 1 aromatic heterocycles. The molecule has 2 heteroatoms. The Labute approximate surface area is 134 Å². The number of hydrogen-bond acceptors (Lipinski definition) is 2. The summed E-state index contributed by atoms with van der Waals surface area (Å²) >= 11 is 0. The first-order valence-corrected chi connectivity index (χ1v) is 7.72. The normalized spacial score (nSPS) is 12.1. The van der Waals surface area contributed by atoms with E-state index in [-0.39, 0.29) is 0 Å². The quantitative estimate of drug-likeness (QED) is 0.569. The van der Waals surface area contributed by atoms with Gasteiger partial charge in [-0.1, -0.05) is 60.7 Å². The van der Waals surface area contributed by atoms with Crippen LogP contribution in [0.5, 0.6) is 0 Å². The van der Waals surface area contributed by atoms with Gasteiger partial charge in [0.25, 0.3) is 0 Å². The Morgan fingerprint density at radius 1 is 0.826 bits per heavy atom. The van der Waals surface area contributed by atoms with E-state index in [1.165, 1.54) is 5.56 Å². The zero-order valence-corrected chi connectivity index (χ0v) is 12.7. The number of allylic oxidation sites excluding steroid dienone is 1. The summed E-state index contributed by atoms with van der Waals surface area (Å²) in [5.41, 5.74) is 11.0. The summed E-state index contributed by atoms with van der Waals surface area (Å²) in [5.74, 6) is 0. The van der Waals surface area contributed by atoms with Crippen LogP contribution in [0.1, 0.15) is 11.1 Å². The molecule has 0 saturated carbocycles. The summed E-state index contributed by atoms with van der Waals surface area (Å²) in [6, 6.07) is 24.6. The minimum atomic E-state index is 0.774. The van der Waals surface area contributed by atoms with E-state index in [1.807, 2.05) is 42.5 Å². The van der Waals surface area contributed by atoms with Crippen LogP contribution >= 0.6 is 0 Å². The molecule has 0 aliphatic carbocycles. The molecule has 1 heterocycles. The maximum absolute atomic E-state index is 6.25. The van der Waals surface area contributed by atoms with Crippen molar-refractivity contribution in [2.45, 2.75) is 6.42 Å². The van der Waals surface area contributed by atoms with Crippen molar-refractivity contribution in [3.63, 3.8) is 0 Å². The molecule has 0 amide bonds. The monoisotopic (exact) mass is 299 g/mol. The highest BCUT2D eigenvalue weighted by Crippen LogP contribution is 2.30. The molecule has 0 bridgehead atoms. The molecule has 2 N–H and O–H groups in total. The van der Waals surface area contributed by atoms with Crippen LogP contribution in [0.3, 0.4) is 0 Å². The van der Waals surface area contributed by atoms with Gasteiger partial charge < -0.3 is 10.2 Å². The van der Waals surface area contributed by atoms with Crippen LogP contribution in [0.2, 0.25) is 0 Å². The fourth-order valence-corrected chi connectivity index (χ4v) is 2.87. The lowest BCUT2D eigenvalue weighted by molar-refractivity contribution is 0.669. The SMILES string of the molecule is N/C(=C\Cc1ccccc1)c1ccc2c(c1)oc1ccccc12. The number of furan rings is 1. The summed E-state index contributed by atoms with van der Waals surface area (Å²) in [6.07, 6.45) is 2.88. The zero-order valence-electron chi connectivity index (χ0n) is 12.7. The molecular weight excluding hydrogens is 282 g/mol. The molecule has 4 rings (SSSR count). The number of nitrogens with two attached hydrogens (primary N) is 1. The fraction of sp³-hybridized carbons (Fsp3) is 0.0476. The second-order valence-corrected chi connectivity index (χ2v) is 5.66. The Morgan fingerprint density at radius 2 is 1.57 bits per heavy atom. The highest BCUT2D eigenvalue weighted by molar-refractivity contribution is 6.05. The average molecular weight is 299 g/mol. The molecule has 0 unspecified atom stereocenters. The van der Waals surface area contributed by atoms with Gasteiger partial charge in [0, 0.05) is 22.0 Å². The van der Waals surface area contributed by atoms with E-state index in [0.29, 0.717) is 0 Å². The van der Waals surface area contributed by atoms with Crippen molar-refractivity contribution in [3.8, 4) is 0 Å². The lowest BCUT2D eigenvalue weighted by Crippen LogP contribution is -1.97. The predicted octanol–water partition coefficient (Wildman–Crippen LogP) is 5.13. The summed E-state index contributed by atoms with van der Waals surface area (Å²) in [6.45, 7) is 0. The molecule has 0 aliphatic heterocycles. The number of rotatable bonds is 3. The molecule has 0 saturated heterocycles. The van der Waals surface area contributed by atoms with Crippen molar-refractivity contribution >= 4 is 27.6 Å². The molecule has 112 valence electrons. The standard InChI is InChI=1S/C21H17NO/c22-19(13-10-15-6-2-1-3-7-15)16-11-12-18-17-8-4-5-9-20(17)23-21(18)14-16/h1-9,11-14H,10,22H2/b19-13-. The smallest absolute Gasteiger partial charge is 0.136 e. The zero-order chi connectivity index (χ0) is 15.6. The van der Waals surface area contributed by atoms with Gasteiger partial charge in [0.1, 0.15) is 11.2 Å². The van der Waals surface area contributed by atoms with Crippen molar-refractivity contribution in [2.24, 2.45) is 5.73 Å². The molecule has 0 atom stereocenters. The third kappa shape index (κ3) is 2.59. The van der Waals surface area contributed by atoms with Gasteiger partial charge in [0.2, 0.25) is 0 Å². The van der Waals surface area contributed by atoms with Gasteiger partial charge >= 0.3 is 0 Å². The summed E-state index contributed by atoms with van der Waals surface area (Å²) < 4.78 is 5.92. The highest BCUT2D eigenvalue weighted by atomic mass is 16.3. The van der Waals surface area contributed by atoms with Crippen LogP contribution in [0.25, 0.3) is 27.6 Å². The molecular formula is C21H17NO. The molecule has 0 fully saturated rings. The van der Waals surface area contributed by atoms with Gasteiger partial charge in [-0.25, -0.2) is 0 Å². The number of hydrogen-bond donors (Lipinski definition) is 1. The van der Waals surface area contributed by atoms with Crippen LogP contribution in [0.15, 0.2) is 83.3 Å². The van der Waals surface area contributed by atoms with Gasteiger partial charge in [-0.2, -0.15) is 0 Å². The Bertz CT molecular complexity index is 996. The van der Waals surface area contributed by atoms with Crippen molar-refractivity contribution in [1.29, 1.82) is 0 Å². The average Bonchev–Trinajstić information content (AvgIpc) is 2.98. The third-order valence-corrected chi connectivity index (χ3v) is 4.11. The lowest BCUT2D eigenvalue weighted by atomic mass is 10.1. The molecule has 23 heavy (non-hydrogen) atoms. The minimum Gasteiger partial charge on any atom is -0.456 e. The number of benzene rings is 3. The summed E-state index contributed by atoms with van der Waals surface area (Å²) in [4.78, 5) is 0. The molecule has 2 nitrogen and oxygen atoms in total. The number of para-hydroxylation sites is 1. The van der Waals surface area contributed by atoms with Gasteiger partial charge in [-0.3, -0.25) is 0 Å². The topological polar surface area (TPSA) is 39.2 Å². The van der Waals surface area contributed by atoms with Crippen LogP contribution in [0, 0.1) is 0 Å². The van der Waals surface area contributed by atoms with E-state index in [1.54, 1.807) is 0 Å². The van der Waals surface area contributed by atoms with Gasteiger partial charge in [-0.15, -0.1) is 0 Å². The Hall–Kier alpha value is -3.00. The van der Waals surface area contributed by atoms with E-state index in [2.05, 4.69) is 36.4 Å². The van der Waals surface area contributed by atoms with Crippen molar-refractivity contribution < 1.29 is 4.42 Å². The predicted molar refractivity (Wildman–Crippen MR) is 96.0 cm³/mol. The van der Waals surface area contributed by atoms with Gasteiger partial charge in [0.05, 0.1) is 0 Å². The van der Waals surface area contributed by atoms with Crippen molar-refractivity contribution in [3.05, 3.63) is 90.0 Å². The van der Waals surface area contributed by atoms with E-state index in [4.69, 9.17) is 10.2 Å². The summed E-state index contributed by atoms with van der Waals surface area (Å²) in [5, 5.41) is 2.26. The Kier molecular flexibility index (Phi) is 3.35. The summed E-state index contributed by atoms with van der Waals surface area (Å²) in [7, 11) is 0. The van der Waals surface area contributed by atoms with Gasteiger partial charge in [0.15, 0.2) is 0 Å². The molecule has 0 spiro atoms. The highest BCUT2D eigenvalue weighted by Gasteiger charge is 2.07. The molecule has 0 aliphatic rings. The first kappa shape index (κ1) is 13.6.